The van der Waals surface area contributed by atoms with Crippen LogP contribution in [0.3, 0.4) is 0 Å². The Morgan fingerprint density at radius 2 is 1.93 bits per heavy atom. The van der Waals surface area contributed by atoms with Crippen LogP contribution in [0.5, 0.6) is 5.75 Å². The van der Waals surface area contributed by atoms with E-state index >= 15 is 0 Å². The minimum atomic E-state index is -5.05. The van der Waals surface area contributed by atoms with Crippen LogP contribution in [0.15, 0.2) is 23.9 Å². The monoisotopic (exact) mass is 412 g/mol. The van der Waals surface area contributed by atoms with Gasteiger partial charge in [-0.15, -0.1) is 0 Å². The van der Waals surface area contributed by atoms with Gasteiger partial charge >= 0.3 is 18.2 Å². The molecule has 0 aromatic heterocycles. The number of halogens is 5. The highest BCUT2D eigenvalue weighted by Gasteiger charge is 2.36. The molecule has 0 saturated heterocycles. The van der Waals surface area contributed by atoms with E-state index in [2.05, 4.69) is 4.74 Å². The fourth-order valence-electron chi connectivity index (χ4n) is 1.74. The highest BCUT2D eigenvalue weighted by Crippen LogP contribution is 2.31. The number of hydrogen-bond acceptors (Lipinski definition) is 4. The molecule has 0 aliphatic heterocycles. The van der Waals surface area contributed by atoms with Gasteiger partial charge in [-0.05, 0) is 26.8 Å². The van der Waals surface area contributed by atoms with Crippen molar-refractivity contribution in [2.45, 2.75) is 33.1 Å². The average Bonchev–Trinajstić information content (AvgIpc) is 2.50. The molecule has 27 heavy (non-hydrogen) atoms. The predicted molar refractivity (Wildman–Crippen MR) is 90.1 cm³/mol. The van der Waals surface area contributed by atoms with Crippen LogP contribution in [0.25, 0.3) is 0 Å². The van der Waals surface area contributed by atoms with Crippen molar-refractivity contribution in [1.29, 1.82) is 0 Å². The van der Waals surface area contributed by atoms with E-state index in [9.17, 15) is 27.2 Å². The zero-order valence-electron chi connectivity index (χ0n) is 14.5. The molecule has 0 aliphatic rings. The summed E-state index contributed by atoms with van der Waals surface area (Å²) in [7, 11) is 0. The molecule has 1 aromatic carbocycles. The van der Waals surface area contributed by atoms with Crippen molar-refractivity contribution in [3.8, 4) is 5.75 Å². The van der Waals surface area contributed by atoms with Crippen molar-refractivity contribution in [2.75, 3.05) is 11.9 Å². The third-order valence-electron chi connectivity index (χ3n) is 2.73. The van der Waals surface area contributed by atoms with Crippen LogP contribution in [-0.2, 0) is 9.53 Å². The second-order valence-electron chi connectivity index (χ2n) is 5.32. The quantitative estimate of drug-likeness (QED) is 0.412. The lowest BCUT2D eigenvalue weighted by molar-refractivity contribution is -0.138. The summed E-state index contributed by atoms with van der Waals surface area (Å²) in [5, 5.41) is 3.27. The average molecular weight is 413 g/mol. The maximum atomic E-state index is 13.9. The number of hydrogen-bond donors (Lipinski definition) is 2. The van der Waals surface area contributed by atoms with Gasteiger partial charge in [-0.2, -0.15) is 13.2 Å². The SMILES string of the molecule is CCOC(=O)C=C(NC(=O)Nc1cc(OC(C)C)c(Cl)cc1F)C(F)(F)F. The van der Waals surface area contributed by atoms with E-state index in [0.29, 0.717) is 0 Å². The zero-order valence-corrected chi connectivity index (χ0v) is 15.3. The first kappa shape index (κ1) is 22.6. The maximum absolute atomic E-state index is 13.9. The van der Waals surface area contributed by atoms with Crippen LogP contribution in [0.2, 0.25) is 5.02 Å². The summed E-state index contributed by atoms with van der Waals surface area (Å²) in [6.07, 6.45) is -5.29. The molecule has 0 bridgehead atoms. The van der Waals surface area contributed by atoms with Crippen molar-refractivity contribution in [3.63, 3.8) is 0 Å². The summed E-state index contributed by atoms with van der Waals surface area (Å²) in [5.41, 5.74) is -2.14. The predicted octanol–water partition coefficient (Wildman–Crippen LogP) is 4.40. The molecule has 0 heterocycles. The van der Waals surface area contributed by atoms with E-state index in [1.54, 1.807) is 13.8 Å². The molecule has 0 unspecified atom stereocenters. The van der Waals surface area contributed by atoms with Crippen LogP contribution < -0.4 is 15.4 Å². The molecule has 150 valence electrons. The summed E-state index contributed by atoms with van der Waals surface area (Å²) >= 11 is 5.81. The first-order valence-electron chi connectivity index (χ1n) is 7.63. The van der Waals surface area contributed by atoms with Gasteiger partial charge in [-0.25, -0.2) is 14.0 Å². The summed E-state index contributed by atoms with van der Waals surface area (Å²) in [5.74, 6) is -2.26. The van der Waals surface area contributed by atoms with Gasteiger partial charge in [0.2, 0.25) is 0 Å². The van der Waals surface area contributed by atoms with Crippen molar-refractivity contribution < 1.29 is 36.6 Å². The van der Waals surface area contributed by atoms with Crippen molar-refractivity contribution >= 4 is 29.3 Å². The number of carbonyl (C=O) groups excluding carboxylic acids is 2. The summed E-state index contributed by atoms with van der Waals surface area (Å²) in [4.78, 5) is 23.0. The number of esters is 1. The van der Waals surface area contributed by atoms with Crippen LogP contribution in [0, 0.1) is 5.82 Å². The summed E-state index contributed by atoms with van der Waals surface area (Å²) in [6, 6.07) is 0.438. The molecule has 0 atom stereocenters. The van der Waals surface area contributed by atoms with E-state index in [1.807, 2.05) is 5.32 Å². The molecule has 0 saturated carbocycles. The number of rotatable bonds is 6. The zero-order chi connectivity index (χ0) is 20.8. The molecular formula is C16H17ClF4N2O4. The standard InChI is InChI=1S/C16H17ClF4N2O4/c1-4-26-14(24)7-13(16(19,20)21)23-15(25)22-11-6-12(27-8(2)3)9(17)5-10(11)18/h5-8H,4H2,1-3H3,(H2,22,23,25). The number of benzene rings is 1. The minimum absolute atomic E-state index is 0.0291. The highest BCUT2D eigenvalue weighted by atomic mass is 35.5. The largest absolute Gasteiger partial charge is 0.489 e. The van der Waals surface area contributed by atoms with Gasteiger partial charge in [0.15, 0.2) is 0 Å². The molecule has 0 fully saturated rings. The summed E-state index contributed by atoms with van der Waals surface area (Å²) < 4.78 is 62.4. The molecule has 2 amide bonds. The molecule has 11 heteroatoms. The van der Waals surface area contributed by atoms with E-state index in [-0.39, 0.29) is 29.6 Å². The Balaban J connectivity index is 3.01. The number of allylic oxidation sites excluding steroid dienone is 1. The lowest BCUT2D eigenvalue weighted by Crippen LogP contribution is -2.35. The molecule has 1 rings (SSSR count). The molecule has 0 radical (unpaired) electrons. The van der Waals surface area contributed by atoms with Gasteiger partial charge in [0.05, 0.1) is 29.5 Å². The number of urea groups is 1. The fraction of sp³-hybridized carbons (Fsp3) is 0.375. The molecule has 1 aromatic rings. The Bertz CT molecular complexity index is 736. The third kappa shape index (κ3) is 7.33. The number of amides is 2. The second kappa shape index (κ2) is 9.45. The van der Waals surface area contributed by atoms with Crippen molar-refractivity contribution in [2.24, 2.45) is 0 Å². The number of alkyl halides is 3. The van der Waals surface area contributed by atoms with Gasteiger partial charge in [0.1, 0.15) is 17.3 Å². The Morgan fingerprint density at radius 1 is 1.30 bits per heavy atom. The minimum Gasteiger partial charge on any atom is -0.489 e. The summed E-state index contributed by atoms with van der Waals surface area (Å²) in [6.45, 7) is 4.60. The molecular weight excluding hydrogens is 396 g/mol. The number of ether oxygens (including phenoxy) is 2. The topological polar surface area (TPSA) is 76.7 Å². The van der Waals surface area contributed by atoms with E-state index in [4.69, 9.17) is 16.3 Å². The van der Waals surface area contributed by atoms with Crippen molar-refractivity contribution in [3.05, 3.63) is 34.7 Å². The van der Waals surface area contributed by atoms with Crippen LogP contribution in [0.4, 0.5) is 28.0 Å². The van der Waals surface area contributed by atoms with Crippen LogP contribution in [-0.4, -0.2) is 30.9 Å². The lowest BCUT2D eigenvalue weighted by atomic mass is 10.2. The second-order valence-corrected chi connectivity index (χ2v) is 5.72. The first-order valence-corrected chi connectivity index (χ1v) is 8.01. The number of nitrogens with one attached hydrogen (secondary N) is 2. The number of anilines is 1. The van der Waals surface area contributed by atoms with E-state index in [1.165, 1.54) is 12.2 Å². The molecule has 6 nitrogen and oxygen atoms in total. The van der Waals surface area contributed by atoms with Crippen LogP contribution >= 0.6 is 11.6 Å². The van der Waals surface area contributed by atoms with Gasteiger partial charge < -0.3 is 20.1 Å². The van der Waals surface area contributed by atoms with Crippen LogP contribution in [0.1, 0.15) is 20.8 Å². The Hall–Kier alpha value is -2.49. The van der Waals surface area contributed by atoms with E-state index in [0.717, 1.165) is 12.1 Å². The molecule has 0 aliphatic carbocycles. The van der Waals surface area contributed by atoms with Gasteiger partial charge in [0, 0.05) is 6.07 Å². The molecule has 2 N–H and O–H groups in total. The lowest BCUT2D eigenvalue weighted by Gasteiger charge is -2.16. The van der Waals surface area contributed by atoms with E-state index < -0.39 is 35.4 Å². The Morgan fingerprint density at radius 3 is 2.44 bits per heavy atom. The normalized spacial score (nSPS) is 12.0. The van der Waals surface area contributed by atoms with Gasteiger partial charge in [-0.1, -0.05) is 11.6 Å². The van der Waals surface area contributed by atoms with Gasteiger partial charge in [0.25, 0.3) is 0 Å². The maximum Gasteiger partial charge on any atom is 0.431 e. The Kier molecular flexibility index (Phi) is 7.89. The smallest absolute Gasteiger partial charge is 0.431 e. The fourth-order valence-corrected chi connectivity index (χ4v) is 1.93. The third-order valence-corrected chi connectivity index (χ3v) is 3.03. The Labute approximate surface area is 157 Å². The first-order chi connectivity index (χ1) is 12.4. The highest BCUT2D eigenvalue weighted by molar-refractivity contribution is 6.32. The van der Waals surface area contributed by atoms with Crippen molar-refractivity contribution in [1.82, 2.24) is 5.32 Å². The molecule has 0 spiro atoms. The number of carbonyl (C=O) groups is 2. The van der Waals surface area contributed by atoms with Gasteiger partial charge in [-0.3, -0.25) is 0 Å².